The molecule has 1 unspecified atom stereocenters. The van der Waals surface area contributed by atoms with Crippen LogP contribution in [0.1, 0.15) is 24.8 Å². The van der Waals surface area contributed by atoms with E-state index in [2.05, 4.69) is 0 Å². The highest BCUT2D eigenvalue weighted by Crippen LogP contribution is 2.40. The third kappa shape index (κ3) is 3.02. The minimum Gasteiger partial charge on any atom is -0.512 e. The van der Waals surface area contributed by atoms with E-state index in [4.69, 9.17) is 9.47 Å². The van der Waals surface area contributed by atoms with Gasteiger partial charge in [-0.3, -0.25) is 0 Å². The van der Waals surface area contributed by atoms with E-state index in [0.29, 0.717) is 11.3 Å². The quantitative estimate of drug-likeness (QED) is 0.834. The van der Waals surface area contributed by atoms with Crippen molar-refractivity contribution < 1.29 is 24.5 Å². The van der Waals surface area contributed by atoms with E-state index in [1.165, 1.54) is 13.2 Å². The van der Waals surface area contributed by atoms with E-state index in [0.717, 1.165) is 0 Å². The molecule has 0 bridgehead atoms. The minimum absolute atomic E-state index is 0.0106. The summed E-state index contributed by atoms with van der Waals surface area (Å²) in [4.78, 5) is 12.1. The molecule has 1 aromatic carbocycles. The second kappa shape index (κ2) is 6.35. The Labute approximate surface area is 123 Å². The number of rotatable bonds is 4. The fourth-order valence-electron chi connectivity index (χ4n) is 2.46. The van der Waals surface area contributed by atoms with Crippen LogP contribution in [-0.2, 0) is 9.53 Å². The second-order valence-electron chi connectivity index (χ2n) is 4.65. The van der Waals surface area contributed by atoms with E-state index in [9.17, 15) is 15.0 Å². The topological polar surface area (TPSA) is 76.0 Å². The molecule has 112 valence electrons. The first-order valence-electron chi connectivity index (χ1n) is 6.71. The average Bonchev–Trinajstić information content (AvgIpc) is 2.46. The number of ether oxygens (including phenoxy) is 2. The van der Waals surface area contributed by atoms with Crippen molar-refractivity contribution in [3.63, 3.8) is 0 Å². The van der Waals surface area contributed by atoms with Crippen molar-refractivity contribution in [2.24, 2.45) is 0 Å². The van der Waals surface area contributed by atoms with E-state index in [1.807, 2.05) is 12.1 Å². The highest BCUT2D eigenvalue weighted by molar-refractivity contribution is 5.92. The van der Waals surface area contributed by atoms with Crippen LogP contribution >= 0.6 is 0 Å². The van der Waals surface area contributed by atoms with Crippen LogP contribution in [0, 0.1) is 0 Å². The van der Waals surface area contributed by atoms with Crippen molar-refractivity contribution in [3.8, 4) is 5.75 Å². The lowest BCUT2D eigenvalue weighted by Crippen LogP contribution is -2.20. The molecule has 2 rings (SSSR count). The van der Waals surface area contributed by atoms with Gasteiger partial charge in [0.2, 0.25) is 0 Å². The van der Waals surface area contributed by atoms with Crippen LogP contribution in [0.2, 0.25) is 0 Å². The zero-order valence-electron chi connectivity index (χ0n) is 12.0. The normalized spacial score (nSPS) is 18.2. The number of para-hydroxylation sites is 1. The largest absolute Gasteiger partial charge is 0.512 e. The molecule has 5 heteroatoms. The van der Waals surface area contributed by atoms with Gasteiger partial charge < -0.3 is 19.7 Å². The summed E-state index contributed by atoms with van der Waals surface area (Å²) in [5.41, 5.74) is 0.855. The first-order chi connectivity index (χ1) is 10.1. The van der Waals surface area contributed by atoms with Gasteiger partial charge in [0, 0.05) is 24.0 Å². The predicted molar refractivity (Wildman–Crippen MR) is 77.4 cm³/mol. The summed E-state index contributed by atoms with van der Waals surface area (Å²) >= 11 is 0. The molecule has 0 spiro atoms. The summed E-state index contributed by atoms with van der Waals surface area (Å²) in [5, 5.41) is 19.8. The van der Waals surface area contributed by atoms with Crippen LogP contribution < -0.4 is 4.74 Å². The van der Waals surface area contributed by atoms with Crippen molar-refractivity contribution >= 4 is 5.97 Å². The van der Waals surface area contributed by atoms with Gasteiger partial charge in [-0.1, -0.05) is 18.2 Å². The Balaban J connectivity index is 2.50. The molecule has 0 radical (unpaired) electrons. The fraction of sp³-hybridized carbons (Fsp3) is 0.312. The van der Waals surface area contributed by atoms with E-state index in [1.54, 1.807) is 19.1 Å². The number of methoxy groups -OCH3 is 1. The Kier molecular flexibility index (Phi) is 4.52. The lowest BCUT2D eigenvalue weighted by molar-refractivity contribution is -0.139. The Morgan fingerprint density at radius 1 is 1.33 bits per heavy atom. The Morgan fingerprint density at radius 2 is 2.05 bits per heavy atom. The number of carbonyl (C=O) groups is 1. The zero-order chi connectivity index (χ0) is 15.4. The standard InChI is InChI=1S/C16H18O5/c1-3-21-16(19)15-12(8-10(17)9-13(15)18)11-6-4-5-7-14(11)20-2/h4-7,9,12,17-18H,3,8H2,1-2H3. The van der Waals surface area contributed by atoms with Crippen LogP contribution in [0.4, 0.5) is 0 Å². The lowest BCUT2D eigenvalue weighted by atomic mass is 9.83. The number of esters is 1. The Morgan fingerprint density at radius 3 is 2.71 bits per heavy atom. The molecule has 1 aromatic rings. The molecule has 0 aromatic heterocycles. The molecular formula is C16H18O5. The molecule has 0 saturated carbocycles. The first kappa shape index (κ1) is 15.0. The van der Waals surface area contributed by atoms with E-state index in [-0.39, 0.29) is 30.1 Å². The van der Waals surface area contributed by atoms with Crippen LogP contribution in [0.5, 0.6) is 5.75 Å². The highest BCUT2D eigenvalue weighted by Gasteiger charge is 2.33. The summed E-state index contributed by atoms with van der Waals surface area (Å²) in [6.07, 6.45) is 1.39. The van der Waals surface area contributed by atoms with Crippen molar-refractivity contribution in [3.05, 3.63) is 53.0 Å². The summed E-state index contributed by atoms with van der Waals surface area (Å²) < 4.78 is 10.3. The monoisotopic (exact) mass is 290 g/mol. The van der Waals surface area contributed by atoms with Gasteiger partial charge in [-0.05, 0) is 13.0 Å². The van der Waals surface area contributed by atoms with E-state index < -0.39 is 11.9 Å². The molecule has 1 aliphatic carbocycles. The summed E-state index contributed by atoms with van der Waals surface area (Å²) in [6, 6.07) is 7.20. The van der Waals surface area contributed by atoms with Crippen molar-refractivity contribution in [2.45, 2.75) is 19.3 Å². The molecule has 1 aliphatic rings. The number of carbonyl (C=O) groups excluding carboxylic acids is 1. The molecule has 2 N–H and O–H groups in total. The smallest absolute Gasteiger partial charge is 0.338 e. The highest BCUT2D eigenvalue weighted by atomic mass is 16.5. The molecule has 0 aliphatic heterocycles. The van der Waals surface area contributed by atoms with Gasteiger partial charge in [-0.25, -0.2) is 4.79 Å². The number of hydrogen-bond donors (Lipinski definition) is 2. The molecule has 1 atom stereocenters. The Bertz CT molecular complexity index is 600. The van der Waals surface area contributed by atoms with Crippen LogP contribution in [-0.4, -0.2) is 29.9 Å². The lowest BCUT2D eigenvalue weighted by Gasteiger charge is -2.24. The SMILES string of the molecule is CCOC(=O)C1=C(O)C=C(O)CC1c1ccccc1OC. The van der Waals surface area contributed by atoms with Crippen molar-refractivity contribution in [1.29, 1.82) is 0 Å². The summed E-state index contributed by atoms with van der Waals surface area (Å²) in [6.45, 7) is 1.91. The number of aliphatic hydroxyl groups excluding tert-OH is 2. The summed E-state index contributed by atoms with van der Waals surface area (Å²) in [5.74, 6) is -0.767. The number of allylic oxidation sites excluding steroid dienone is 2. The van der Waals surface area contributed by atoms with Crippen LogP contribution in [0.25, 0.3) is 0 Å². The minimum atomic E-state index is -0.588. The summed E-state index contributed by atoms with van der Waals surface area (Å²) in [7, 11) is 1.53. The van der Waals surface area contributed by atoms with Gasteiger partial charge >= 0.3 is 5.97 Å². The third-order valence-electron chi connectivity index (χ3n) is 3.35. The van der Waals surface area contributed by atoms with Gasteiger partial charge in [0.05, 0.1) is 25.0 Å². The number of benzene rings is 1. The first-order valence-corrected chi connectivity index (χ1v) is 6.71. The zero-order valence-corrected chi connectivity index (χ0v) is 12.0. The van der Waals surface area contributed by atoms with Crippen LogP contribution in [0.3, 0.4) is 0 Å². The molecule has 5 nitrogen and oxygen atoms in total. The second-order valence-corrected chi connectivity index (χ2v) is 4.65. The molecule has 0 fully saturated rings. The predicted octanol–water partition coefficient (Wildman–Crippen LogP) is 3.00. The van der Waals surface area contributed by atoms with Gasteiger partial charge in [-0.2, -0.15) is 0 Å². The van der Waals surface area contributed by atoms with E-state index >= 15 is 0 Å². The Hall–Kier alpha value is -2.43. The van der Waals surface area contributed by atoms with Gasteiger partial charge in [0.1, 0.15) is 11.5 Å². The molecular weight excluding hydrogens is 272 g/mol. The van der Waals surface area contributed by atoms with Gasteiger partial charge in [0.15, 0.2) is 0 Å². The van der Waals surface area contributed by atoms with Gasteiger partial charge in [-0.15, -0.1) is 0 Å². The number of hydrogen-bond acceptors (Lipinski definition) is 5. The third-order valence-corrected chi connectivity index (χ3v) is 3.35. The molecule has 0 amide bonds. The molecule has 21 heavy (non-hydrogen) atoms. The van der Waals surface area contributed by atoms with Crippen LogP contribution in [0.15, 0.2) is 47.4 Å². The van der Waals surface area contributed by atoms with Crippen molar-refractivity contribution in [2.75, 3.05) is 13.7 Å². The maximum atomic E-state index is 12.1. The maximum Gasteiger partial charge on any atom is 0.338 e. The fourth-order valence-corrected chi connectivity index (χ4v) is 2.46. The average molecular weight is 290 g/mol. The van der Waals surface area contributed by atoms with Crippen molar-refractivity contribution in [1.82, 2.24) is 0 Å². The number of aliphatic hydroxyl groups is 2. The molecule has 0 heterocycles. The molecule has 0 saturated heterocycles. The maximum absolute atomic E-state index is 12.1. The van der Waals surface area contributed by atoms with Gasteiger partial charge in [0.25, 0.3) is 0 Å².